The lowest BCUT2D eigenvalue weighted by Crippen LogP contribution is -2.08. The zero-order valence-corrected chi connectivity index (χ0v) is 10.8. The summed E-state index contributed by atoms with van der Waals surface area (Å²) in [5.41, 5.74) is 0.0566. The normalized spacial score (nSPS) is 13.1. The summed E-state index contributed by atoms with van der Waals surface area (Å²) in [7, 11) is 0. The monoisotopic (exact) mass is 273 g/mol. The van der Waals surface area contributed by atoms with E-state index in [0.29, 0.717) is 0 Å². The number of aliphatic imine (C=N–C) groups is 1. The van der Waals surface area contributed by atoms with E-state index in [1.165, 1.54) is 6.07 Å². The molecule has 2 nitrogen and oxygen atoms in total. The molecule has 0 radical (unpaired) electrons. The number of hydrogen-bond acceptors (Lipinski definition) is 2. The Labute approximate surface area is 109 Å². The molecule has 0 amide bonds. The summed E-state index contributed by atoms with van der Waals surface area (Å²) in [6.45, 7) is 3.22. The number of benzene rings is 1. The van der Waals surface area contributed by atoms with Gasteiger partial charge in [-0.1, -0.05) is 29.1 Å². The molecule has 0 aromatic heterocycles. The maximum Gasteiger partial charge on any atom is 0.156 e. The van der Waals surface area contributed by atoms with E-state index in [0.717, 1.165) is 6.07 Å². The molecule has 0 saturated heterocycles. The Morgan fingerprint density at radius 1 is 1.59 bits per heavy atom. The molecule has 0 heterocycles. The Morgan fingerprint density at radius 2 is 2.24 bits per heavy atom. The minimum absolute atomic E-state index is 0.0566. The van der Waals surface area contributed by atoms with Gasteiger partial charge < -0.3 is 4.74 Å². The summed E-state index contributed by atoms with van der Waals surface area (Å²) in [5.74, 6) is 2.08. The van der Waals surface area contributed by atoms with E-state index < -0.39 is 11.9 Å². The van der Waals surface area contributed by atoms with Crippen molar-refractivity contribution in [2.75, 3.05) is 0 Å². The van der Waals surface area contributed by atoms with E-state index in [1.807, 2.05) is 0 Å². The zero-order chi connectivity index (χ0) is 13.0. The van der Waals surface area contributed by atoms with Gasteiger partial charge in [0, 0.05) is 6.07 Å². The first-order chi connectivity index (χ1) is 7.93. The third kappa shape index (κ3) is 3.92. The maximum absolute atomic E-state index is 13.5. The van der Waals surface area contributed by atoms with Crippen LogP contribution in [-0.4, -0.2) is 11.3 Å². The highest BCUT2D eigenvalue weighted by Gasteiger charge is 2.11. The first-order valence-electron chi connectivity index (χ1n) is 4.76. The van der Waals surface area contributed by atoms with Crippen LogP contribution in [0.5, 0.6) is 5.75 Å². The number of ether oxygens (including phenoxy) is 1. The van der Waals surface area contributed by atoms with Gasteiger partial charge in [0.2, 0.25) is 0 Å². The van der Waals surface area contributed by atoms with Crippen LogP contribution >= 0.6 is 23.2 Å². The van der Waals surface area contributed by atoms with Gasteiger partial charge >= 0.3 is 0 Å². The van der Waals surface area contributed by atoms with Crippen molar-refractivity contribution in [2.24, 2.45) is 4.99 Å². The highest BCUT2D eigenvalue weighted by atomic mass is 35.5. The van der Waals surface area contributed by atoms with Crippen molar-refractivity contribution in [3.8, 4) is 18.1 Å². The summed E-state index contributed by atoms with van der Waals surface area (Å²) in [6.07, 6.45) is 4.71. The van der Waals surface area contributed by atoms with E-state index in [4.69, 9.17) is 34.4 Å². The number of terminal acetylenes is 1. The molecule has 17 heavy (non-hydrogen) atoms. The molecule has 0 N–H and O–H groups in total. The average molecular weight is 274 g/mol. The minimum atomic E-state index is -0.573. The van der Waals surface area contributed by atoms with Crippen molar-refractivity contribution in [2.45, 2.75) is 20.0 Å². The number of hydrogen-bond donors (Lipinski definition) is 0. The predicted octanol–water partition coefficient (Wildman–Crippen LogP) is 4.17. The van der Waals surface area contributed by atoms with Crippen molar-refractivity contribution in [1.29, 1.82) is 0 Å². The number of halogens is 3. The lowest BCUT2D eigenvalue weighted by atomic mass is 10.3. The van der Waals surface area contributed by atoms with Crippen molar-refractivity contribution < 1.29 is 9.13 Å². The van der Waals surface area contributed by atoms with Gasteiger partial charge in [-0.2, -0.15) is 0 Å². The standard InChI is InChI=1S/C12H10Cl2FNO/c1-4-7(2)17-12-6-11(16-8(3)13)10(15)5-9(12)14/h1,5-7H,2-3H3. The van der Waals surface area contributed by atoms with E-state index in [-0.39, 0.29) is 21.6 Å². The second kappa shape index (κ2) is 5.90. The van der Waals surface area contributed by atoms with Crippen LogP contribution in [0.25, 0.3) is 0 Å². The van der Waals surface area contributed by atoms with Crippen LogP contribution in [0, 0.1) is 18.2 Å². The van der Waals surface area contributed by atoms with E-state index in [1.54, 1.807) is 13.8 Å². The Bertz CT molecular complexity index is 490. The number of rotatable bonds is 3. The molecule has 1 aromatic carbocycles. The van der Waals surface area contributed by atoms with Crippen molar-refractivity contribution in [3.63, 3.8) is 0 Å². The molecular formula is C12H10Cl2FNO. The SMILES string of the molecule is C#CC(C)Oc1cc(N=C(C)Cl)c(F)cc1Cl. The van der Waals surface area contributed by atoms with E-state index >= 15 is 0 Å². The molecule has 1 aromatic rings. The third-order valence-corrected chi connectivity index (χ3v) is 2.19. The lowest BCUT2D eigenvalue weighted by molar-refractivity contribution is 0.279. The molecule has 0 fully saturated rings. The zero-order valence-electron chi connectivity index (χ0n) is 9.30. The molecule has 0 aliphatic rings. The van der Waals surface area contributed by atoms with Crippen molar-refractivity contribution in [1.82, 2.24) is 0 Å². The highest BCUT2D eigenvalue weighted by Crippen LogP contribution is 2.32. The molecule has 0 spiro atoms. The van der Waals surface area contributed by atoms with Gasteiger partial charge in [-0.15, -0.1) is 6.42 Å². The Morgan fingerprint density at radius 3 is 2.76 bits per heavy atom. The molecule has 0 aliphatic carbocycles. The fourth-order valence-corrected chi connectivity index (χ4v) is 1.37. The Hall–Kier alpha value is -1.24. The molecule has 5 heteroatoms. The highest BCUT2D eigenvalue weighted by molar-refractivity contribution is 6.65. The van der Waals surface area contributed by atoms with Gasteiger partial charge in [0.05, 0.1) is 5.02 Å². The van der Waals surface area contributed by atoms with Crippen molar-refractivity contribution in [3.05, 3.63) is 23.0 Å². The van der Waals surface area contributed by atoms with Gasteiger partial charge in [-0.05, 0) is 19.9 Å². The molecule has 0 bridgehead atoms. The molecular weight excluding hydrogens is 264 g/mol. The molecule has 90 valence electrons. The Kier molecular flexibility index (Phi) is 4.80. The smallest absolute Gasteiger partial charge is 0.156 e. The third-order valence-electron chi connectivity index (χ3n) is 1.81. The van der Waals surface area contributed by atoms with Crippen LogP contribution in [0.1, 0.15) is 13.8 Å². The summed E-state index contributed by atoms with van der Waals surface area (Å²) < 4.78 is 18.8. The second-order valence-corrected chi connectivity index (χ2v) is 4.22. The maximum atomic E-state index is 13.5. The summed E-state index contributed by atoms with van der Waals surface area (Å²) >= 11 is 11.4. The molecule has 0 saturated carbocycles. The molecule has 1 rings (SSSR count). The van der Waals surface area contributed by atoms with Crippen LogP contribution < -0.4 is 4.74 Å². The van der Waals surface area contributed by atoms with Gasteiger partial charge in [0.1, 0.15) is 16.6 Å². The topological polar surface area (TPSA) is 21.6 Å². The van der Waals surface area contributed by atoms with Crippen LogP contribution in [0.3, 0.4) is 0 Å². The Balaban J connectivity index is 3.15. The second-order valence-electron chi connectivity index (χ2n) is 3.27. The van der Waals surface area contributed by atoms with Crippen LogP contribution in [-0.2, 0) is 0 Å². The van der Waals surface area contributed by atoms with Crippen LogP contribution in [0.15, 0.2) is 17.1 Å². The largest absolute Gasteiger partial charge is 0.476 e. The fraction of sp³-hybridized carbons (Fsp3) is 0.250. The minimum Gasteiger partial charge on any atom is -0.476 e. The first-order valence-corrected chi connectivity index (χ1v) is 5.52. The quantitative estimate of drug-likeness (QED) is 0.598. The van der Waals surface area contributed by atoms with Crippen molar-refractivity contribution >= 4 is 34.1 Å². The molecule has 0 aliphatic heterocycles. The van der Waals surface area contributed by atoms with Gasteiger partial charge in [0.25, 0.3) is 0 Å². The van der Waals surface area contributed by atoms with Gasteiger partial charge in [-0.3, -0.25) is 0 Å². The van der Waals surface area contributed by atoms with Crippen LogP contribution in [0.2, 0.25) is 5.02 Å². The van der Waals surface area contributed by atoms with Gasteiger partial charge in [-0.25, -0.2) is 9.38 Å². The lowest BCUT2D eigenvalue weighted by Gasteiger charge is -2.11. The van der Waals surface area contributed by atoms with Crippen LogP contribution in [0.4, 0.5) is 10.1 Å². The van der Waals surface area contributed by atoms with Gasteiger partial charge in [0.15, 0.2) is 11.9 Å². The summed E-state index contributed by atoms with van der Waals surface area (Å²) in [5, 5.41) is 0.345. The molecule has 1 atom stereocenters. The number of nitrogens with zero attached hydrogens (tertiary/aromatic N) is 1. The summed E-state index contributed by atoms with van der Waals surface area (Å²) in [6, 6.07) is 2.47. The average Bonchev–Trinajstić information content (AvgIpc) is 2.24. The predicted molar refractivity (Wildman–Crippen MR) is 69.0 cm³/mol. The fourth-order valence-electron chi connectivity index (χ4n) is 1.08. The van der Waals surface area contributed by atoms with E-state index in [9.17, 15) is 4.39 Å². The first kappa shape index (κ1) is 13.8. The summed E-state index contributed by atoms with van der Waals surface area (Å²) in [4.78, 5) is 3.81. The van der Waals surface area contributed by atoms with E-state index in [2.05, 4.69) is 10.9 Å². The molecule has 1 unspecified atom stereocenters.